The Morgan fingerprint density at radius 2 is 1.83 bits per heavy atom. The lowest BCUT2D eigenvalue weighted by atomic mass is 9.47. The number of ether oxygens (including phenoxy) is 2. The van der Waals surface area contributed by atoms with Crippen molar-refractivity contribution >= 4 is 23.5 Å². The van der Waals surface area contributed by atoms with Gasteiger partial charge in [0, 0.05) is 18.8 Å². The lowest BCUT2D eigenvalue weighted by Crippen LogP contribution is -2.50. The van der Waals surface area contributed by atoms with E-state index in [1.54, 1.807) is 27.7 Å². The molecule has 0 aromatic carbocycles. The molecule has 0 radical (unpaired) electrons. The highest BCUT2D eigenvalue weighted by Crippen LogP contribution is 2.66. The first-order valence-corrected chi connectivity index (χ1v) is 15.6. The number of fused-ring (bicyclic) bond motifs is 5. The SMILES string of the molecule is C[C@H](NC(=O)CNC(=O)OC(C)(C)C)C(=O)O[C@H]1CC[C@@]2(C)C(=CC[C@@H]3[C@@H]2CC[C@]2(C)C(c4cccnc4)=CC[C@@H]32)C1. The fourth-order valence-corrected chi connectivity index (χ4v) is 8.35. The van der Waals surface area contributed by atoms with E-state index >= 15 is 0 Å². The Kier molecular flexibility index (Phi) is 8.29. The minimum absolute atomic E-state index is 0.136. The summed E-state index contributed by atoms with van der Waals surface area (Å²) in [5.41, 5.74) is 3.87. The second kappa shape index (κ2) is 11.5. The predicted molar refractivity (Wildman–Crippen MR) is 161 cm³/mol. The molecule has 228 valence electrons. The molecule has 8 heteroatoms. The molecule has 1 aromatic heterocycles. The lowest BCUT2D eigenvalue weighted by molar-refractivity contribution is -0.154. The number of carbonyl (C=O) groups excluding carboxylic acids is 3. The summed E-state index contributed by atoms with van der Waals surface area (Å²) < 4.78 is 11.0. The summed E-state index contributed by atoms with van der Waals surface area (Å²) in [6, 6.07) is 3.43. The zero-order chi connectivity index (χ0) is 30.3. The van der Waals surface area contributed by atoms with Crippen molar-refractivity contribution in [3.8, 4) is 0 Å². The van der Waals surface area contributed by atoms with E-state index in [0.717, 1.165) is 32.1 Å². The van der Waals surface area contributed by atoms with E-state index in [-0.39, 0.29) is 23.5 Å². The largest absolute Gasteiger partial charge is 0.461 e. The van der Waals surface area contributed by atoms with Crippen molar-refractivity contribution in [1.82, 2.24) is 15.6 Å². The zero-order valence-corrected chi connectivity index (χ0v) is 26.0. The van der Waals surface area contributed by atoms with Crippen molar-refractivity contribution in [1.29, 1.82) is 0 Å². The Morgan fingerprint density at radius 3 is 2.55 bits per heavy atom. The van der Waals surface area contributed by atoms with E-state index in [1.807, 2.05) is 18.5 Å². The summed E-state index contributed by atoms with van der Waals surface area (Å²) in [4.78, 5) is 41.3. The molecule has 42 heavy (non-hydrogen) atoms. The number of alkyl carbamates (subject to hydrolysis) is 1. The fraction of sp³-hybridized carbons (Fsp3) is 0.647. The number of carbonyl (C=O) groups is 3. The van der Waals surface area contributed by atoms with Crippen LogP contribution in [-0.2, 0) is 19.1 Å². The molecule has 0 unspecified atom stereocenters. The van der Waals surface area contributed by atoms with E-state index in [1.165, 1.54) is 29.6 Å². The Labute approximate surface area is 250 Å². The average molecular weight is 578 g/mol. The minimum Gasteiger partial charge on any atom is -0.461 e. The Hall–Kier alpha value is -3.16. The van der Waals surface area contributed by atoms with E-state index in [4.69, 9.17) is 9.47 Å². The molecule has 4 aliphatic carbocycles. The molecule has 7 atom stereocenters. The molecule has 5 rings (SSSR count). The second-order valence-electron chi connectivity index (χ2n) is 14.3. The van der Waals surface area contributed by atoms with Gasteiger partial charge in [0.1, 0.15) is 24.3 Å². The number of nitrogens with zero attached hydrogens (tertiary/aromatic N) is 1. The van der Waals surface area contributed by atoms with E-state index in [0.29, 0.717) is 17.8 Å². The maximum atomic E-state index is 12.9. The molecule has 2 fully saturated rings. The van der Waals surface area contributed by atoms with E-state index in [9.17, 15) is 14.4 Å². The Balaban J connectivity index is 1.16. The van der Waals surface area contributed by atoms with E-state index < -0.39 is 29.6 Å². The van der Waals surface area contributed by atoms with Gasteiger partial charge in [0.25, 0.3) is 0 Å². The van der Waals surface area contributed by atoms with Crippen LogP contribution >= 0.6 is 0 Å². The van der Waals surface area contributed by atoms with Crippen molar-refractivity contribution in [2.75, 3.05) is 6.54 Å². The Morgan fingerprint density at radius 1 is 1.07 bits per heavy atom. The lowest BCUT2D eigenvalue weighted by Gasteiger charge is -2.57. The van der Waals surface area contributed by atoms with E-state index in [2.05, 4.69) is 47.7 Å². The Bertz CT molecular complexity index is 1270. The highest BCUT2D eigenvalue weighted by Gasteiger charge is 2.57. The molecular weight excluding hydrogens is 530 g/mol. The first-order valence-electron chi connectivity index (χ1n) is 15.6. The minimum atomic E-state index is -0.809. The van der Waals surface area contributed by atoms with Gasteiger partial charge in [-0.05, 0) is 112 Å². The number of esters is 1. The van der Waals surface area contributed by atoms with Gasteiger partial charge in [0.2, 0.25) is 5.91 Å². The quantitative estimate of drug-likeness (QED) is 0.318. The van der Waals surface area contributed by atoms with Crippen molar-refractivity contribution in [2.24, 2.45) is 28.6 Å². The molecule has 0 bridgehead atoms. The normalized spacial score (nSPS) is 32.6. The van der Waals surface area contributed by atoms with Gasteiger partial charge in [-0.2, -0.15) is 0 Å². The van der Waals surface area contributed by atoms with Gasteiger partial charge >= 0.3 is 12.1 Å². The molecule has 0 spiro atoms. The monoisotopic (exact) mass is 577 g/mol. The molecule has 1 aromatic rings. The average Bonchev–Trinajstić information content (AvgIpc) is 3.29. The van der Waals surface area contributed by atoms with Crippen LogP contribution in [0.15, 0.2) is 42.3 Å². The van der Waals surface area contributed by atoms with Crippen LogP contribution in [-0.4, -0.2) is 47.2 Å². The molecule has 2 amide bonds. The third-order valence-corrected chi connectivity index (χ3v) is 10.4. The van der Waals surface area contributed by atoms with Crippen LogP contribution < -0.4 is 10.6 Å². The van der Waals surface area contributed by atoms with Gasteiger partial charge in [-0.25, -0.2) is 9.59 Å². The summed E-state index contributed by atoms with van der Waals surface area (Å²) >= 11 is 0. The number of hydrogen-bond donors (Lipinski definition) is 2. The molecule has 4 aliphatic rings. The highest BCUT2D eigenvalue weighted by molar-refractivity contribution is 5.87. The van der Waals surface area contributed by atoms with Gasteiger partial charge in [-0.3, -0.25) is 9.78 Å². The fourth-order valence-electron chi connectivity index (χ4n) is 8.35. The van der Waals surface area contributed by atoms with Crippen molar-refractivity contribution in [2.45, 2.75) is 104 Å². The van der Waals surface area contributed by atoms with Crippen LogP contribution in [0.3, 0.4) is 0 Å². The summed E-state index contributed by atoms with van der Waals surface area (Å²) in [5, 5.41) is 5.03. The molecule has 0 aliphatic heterocycles. The molecule has 0 saturated heterocycles. The maximum absolute atomic E-state index is 12.9. The number of nitrogens with one attached hydrogen (secondary N) is 2. The van der Waals surface area contributed by atoms with Gasteiger partial charge < -0.3 is 20.1 Å². The van der Waals surface area contributed by atoms with Crippen LogP contribution in [0.4, 0.5) is 4.79 Å². The van der Waals surface area contributed by atoms with Gasteiger partial charge in [0.05, 0.1) is 0 Å². The van der Waals surface area contributed by atoms with Crippen molar-refractivity contribution in [3.63, 3.8) is 0 Å². The summed E-state index contributed by atoms with van der Waals surface area (Å²) in [6.07, 6.45) is 15.2. The van der Waals surface area contributed by atoms with Gasteiger partial charge in [-0.1, -0.05) is 37.6 Å². The number of amides is 2. The number of hydrogen-bond acceptors (Lipinski definition) is 6. The predicted octanol–water partition coefficient (Wildman–Crippen LogP) is 5.98. The third-order valence-electron chi connectivity index (χ3n) is 10.4. The van der Waals surface area contributed by atoms with Crippen LogP contribution in [0.1, 0.15) is 92.1 Å². The molecule has 2 N–H and O–H groups in total. The number of rotatable bonds is 6. The molecule has 8 nitrogen and oxygen atoms in total. The van der Waals surface area contributed by atoms with Crippen molar-refractivity contribution < 1.29 is 23.9 Å². The topological polar surface area (TPSA) is 107 Å². The standard InChI is InChI=1S/C34H47N3O5/c1-21(37-29(38)20-36-31(40)42-32(2,3)4)30(39)41-24-13-15-33(5)23(18-24)9-10-25-27-12-11-26(22-8-7-17-35-19-22)34(27,6)16-14-28(25)33/h7-9,11,17,19,21,24-25,27-28H,10,12-16,18,20H2,1-6H3,(H,36,40)(H,37,38)/t21-,24-,25-,27-,28-,33-,34+/m0/s1. The third kappa shape index (κ3) is 6.00. The van der Waals surface area contributed by atoms with Crippen LogP contribution in [0.5, 0.6) is 0 Å². The smallest absolute Gasteiger partial charge is 0.408 e. The van der Waals surface area contributed by atoms with Gasteiger partial charge in [-0.15, -0.1) is 0 Å². The number of aromatic nitrogens is 1. The summed E-state index contributed by atoms with van der Waals surface area (Å²) in [7, 11) is 0. The van der Waals surface area contributed by atoms with Crippen molar-refractivity contribution in [3.05, 3.63) is 47.8 Å². The molecule has 2 saturated carbocycles. The molecule has 1 heterocycles. The molecular formula is C34H47N3O5. The van der Waals surface area contributed by atoms with Gasteiger partial charge in [0.15, 0.2) is 0 Å². The zero-order valence-electron chi connectivity index (χ0n) is 26.0. The van der Waals surface area contributed by atoms with Crippen LogP contribution in [0.25, 0.3) is 5.57 Å². The second-order valence-corrected chi connectivity index (χ2v) is 14.3. The first-order chi connectivity index (χ1) is 19.8. The number of allylic oxidation sites excluding steroid dienone is 3. The highest BCUT2D eigenvalue weighted by atomic mass is 16.6. The maximum Gasteiger partial charge on any atom is 0.408 e. The van der Waals surface area contributed by atoms with Crippen LogP contribution in [0, 0.1) is 28.6 Å². The number of pyridine rings is 1. The summed E-state index contributed by atoms with van der Waals surface area (Å²) in [6.45, 7) is 11.5. The first kappa shape index (κ1) is 30.3. The van der Waals surface area contributed by atoms with Crippen LogP contribution in [0.2, 0.25) is 0 Å². The summed E-state index contributed by atoms with van der Waals surface area (Å²) in [5.74, 6) is 1.03.